The molecule has 2 atom stereocenters. The molecule has 0 N–H and O–H groups in total. The van der Waals surface area contributed by atoms with Crippen LogP contribution in [0.1, 0.15) is 33.1 Å². The van der Waals surface area contributed by atoms with Crippen molar-refractivity contribution in [3.63, 3.8) is 0 Å². The summed E-state index contributed by atoms with van der Waals surface area (Å²) < 4.78 is 6.89. The molecule has 100 valence electrons. The molecule has 0 radical (unpaired) electrons. The van der Waals surface area contributed by atoms with Gasteiger partial charge < -0.3 is 4.74 Å². The molecule has 18 heavy (non-hydrogen) atoms. The lowest BCUT2D eigenvalue weighted by Crippen LogP contribution is -2.37. The molecular formula is C15H22BrNO. The third kappa shape index (κ3) is 3.48. The fourth-order valence-electron chi connectivity index (χ4n) is 2.77. The maximum Gasteiger partial charge on any atom is 0.119 e. The third-order valence-electron chi connectivity index (χ3n) is 3.86. The minimum absolute atomic E-state index is 0.712. The Morgan fingerprint density at radius 2 is 2.00 bits per heavy atom. The van der Waals surface area contributed by atoms with Crippen molar-refractivity contribution in [3.8, 4) is 5.75 Å². The van der Waals surface area contributed by atoms with Crippen LogP contribution in [-0.2, 0) is 0 Å². The van der Waals surface area contributed by atoms with Gasteiger partial charge in [-0.3, -0.25) is 4.90 Å². The first-order valence-electron chi connectivity index (χ1n) is 6.84. The summed E-state index contributed by atoms with van der Waals surface area (Å²) in [7, 11) is 0. The van der Waals surface area contributed by atoms with E-state index in [4.69, 9.17) is 4.74 Å². The first kappa shape index (κ1) is 13.9. The molecule has 0 bridgehead atoms. The molecule has 0 aliphatic carbocycles. The molecule has 1 saturated heterocycles. The van der Waals surface area contributed by atoms with Gasteiger partial charge in [0.05, 0.1) is 0 Å². The highest BCUT2D eigenvalue weighted by atomic mass is 79.9. The standard InChI is InChI=1S/C15H22BrNO/c1-3-14-7-4-12(2)17(14)10-11-18-15-8-5-13(16)6-9-15/h5-6,8-9,12,14H,3-4,7,10-11H2,1-2H3. The molecular weight excluding hydrogens is 290 g/mol. The topological polar surface area (TPSA) is 12.5 Å². The monoisotopic (exact) mass is 311 g/mol. The van der Waals surface area contributed by atoms with Crippen LogP contribution in [0.25, 0.3) is 0 Å². The number of rotatable bonds is 5. The Morgan fingerprint density at radius 3 is 2.67 bits per heavy atom. The molecule has 2 nitrogen and oxygen atoms in total. The second-order valence-electron chi connectivity index (χ2n) is 5.03. The Labute approximate surface area is 118 Å². The van der Waals surface area contributed by atoms with Crippen molar-refractivity contribution in [1.82, 2.24) is 4.90 Å². The minimum Gasteiger partial charge on any atom is -0.492 e. The number of halogens is 1. The fraction of sp³-hybridized carbons (Fsp3) is 0.600. The van der Waals surface area contributed by atoms with Gasteiger partial charge in [-0.2, -0.15) is 0 Å². The van der Waals surface area contributed by atoms with E-state index in [2.05, 4.69) is 34.7 Å². The summed E-state index contributed by atoms with van der Waals surface area (Å²) in [5.41, 5.74) is 0. The van der Waals surface area contributed by atoms with Gasteiger partial charge in [0, 0.05) is 23.1 Å². The van der Waals surface area contributed by atoms with Crippen LogP contribution in [0.3, 0.4) is 0 Å². The minimum atomic E-state index is 0.712. The Balaban J connectivity index is 1.79. The Hall–Kier alpha value is -0.540. The summed E-state index contributed by atoms with van der Waals surface area (Å²) in [6.45, 7) is 6.43. The van der Waals surface area contributed by atoms with Crippen LogP contribution < -0.4 is 4.74 Å². The van der Waals surface area contributed by atoms with Gasteiger partial charge in [-0.05, 0) is 50.5 Å². The molecule has 2 rings (SSSR count). The number of benzene rings is 1. The quantitative estimate of drug-likeness (QED) is 0.812. The first-order valence-corrected chi connectivity index (χ1v) is 7.64. The van der Waals surface area contributed by atoms with E-state index < -0.39 is 0 Å². The lowest BCUT2D eigenvalue weighted by molar-refractivity contribution is 0.159. The number of hydrogen-bond donors (Lipinski definition) is 0. The van der Waals surface area contributed by atoms with Crippen LogP contribution in [0.5, 0.6) is 5.75 Å². The van der Waals surface area contributed by atoms with E-state index in [-0.39, 0.29) is 0 Å². The van der Waals surface area contributed by atoms with Crippen LogP contribution in [0.15, 0.2) is 28.7 Å². The highest BCUT2D eigenvalue weighted by Crippen LogP contribution is 2.25. The van der Waals surface area contributed by atoms with Crippen LogP contribution in [0, 0.1) is 0 Å². The van der Waals surface area contributed by atoms with Crippen molar-refractivity contribution in [1.29, 1.82) is 0 Å². The lowest BCUT2D eigenvalue weighted by Gasteiger charge is -2.27. The zero-order valence-electron chi connectivity index (χ0n) is 11.2. The van der Waals surface area contributed by atoms with Gasteiger partial charge in [-0.15, -0.1) is 0 Å². The van der Waals surface area contributed by atoms with Gasteiger partial charge in [0.15, 0.2) is 0 Å². The Kier molecular flexibility index (Phi) is 5.07. The Morgan fingerprint density at radius 1 is 1.28 bits per heavy atom. The van der Waals surface area contributed by atoms with E-state index in [1.165, 1.54) is 19.3 Å². The molecule has 1 aliphatic rings. The maximum absolute atomic E-state index is 5.80. The second kappa shape index (κ2) is 6.58. The van der Waals surface area contributed by atoms with Gasteiger partial charge in [0.2, 0.25) is 0 Å². The van der Waals surface area contributed by atoms with Gasteiger partial charge in [-0.25, -0.2) is 0 Å². The normalized spacial score (nSPS) is 24.4. The van der Waals surface area contributed by atoms with Gasteiger partial charge >= 0.3 is 0 Å². The van der Waals surface area contributed by atoms with E-state index >= 15 is 0 Å². The average molecular weight is 312 g/mol. The van der Waals surface area contributed by atoms with Crippen molar-refractivity contribution in [2.45, 2.75) is 45.2 Å². The molecule has 1 heterocycles. The molecule has 2 unspecified atom stereocenters. The molecule has 1 aliphatic heterocycles. The summed E-state index contributed by atoms with van der Waals surface area (Å²) in [5.74, 6) is 0.957. The smallest absolute Gasteiger partial charge is 0.119 e. The van der Waals surface area contributed by atoms with Gasteiger partial charge in [0.25, 0.3) is 0 Å². The van der Waals surface area contributed by atoms with E-state index in [0.29, 0.717) is 6.04 Å². The first-order chi connectivity index (χ1) is 8.70. The summed E-state index contributed by atoms with van der Waals surface area (Å²) in [6.07, 6.45) is 3.93. The van der Waals surface area contributed by atoms with Crippen molar-refractivity contribution in [2.75, 3.05) is 13.2 Å². The van der Waals surface area contributed by atoms with Crippen LogP contribution in [-0.4, -0.2) is 30.1 Å². The number of hydrogen-bond acceptors (Lipinski definition) is 2. The molecule has 1 aromatic carbocycles. The summed E-state index contributed by atoms with van der Waals surface area (Å²) in [6, 6.07) is 9.52. The summed E-state index contributed by atoms with van der Waals surface area (Å²) in [5, 5.41) is 0. The van der Waals surface area contributed by atoms with Crippen molar-refractivity contribution in [2.24, 2.45) is 0 Å². The van der Waals surface area contributed by atoms with E-state index in [1.54, 1.807) is 0 Å². The zero-order chi connectivity index (χ0) is 13.0. The second-order valence-corrected chi connectivity index (χ2v) is 5.94. The SMILES string of the molecule is CCC1CCC(C)N1CCOc1ccc(Br)cc1. The van der Waals surface area contributed by atoms with Crippen LogP contribution in [0.2, 0.25) is 0 Å². The molecule has 0 spiro atoms. The molecule has 0 aromatic heterocycles. The molecule has 3 heteroatoms. The van der Waals surface area contributed by atoms with Crippen molar-refractivity contribution < 1.29 is 4.74 Å². The predicted octanol–water partition coefficient (Wildman–Crippen LogP) is 4.09. The van der Waals surface area contributed by atoms with Gasteiger partial charge in [-0.1, -0.05) is 22.9 Å². The molecule has 1 fully saturated rings. The van der Waals surface area contributed by atoms with Gasteiger partial charge in [0.1, 0.15) is 12.4 Å². The third-order valence-corrected chi connectivity index (χ3v) is 4.38. The number of nitrogens with zero attached hydrogens (tertiary/aromatic N) is 1. The van der Waals surface area contributed by atoms with Crippen molar-refractivity contribution in [3.05, 3.63) is 28.7 Å². The van der Waals surface area contributed by atoms with Crippen molar-refractivity contribution >= 4 is 15.9 Å². The fourth-order valence-corrected chi connectivity index (χ4v) is 3.03. The number of ether oxygens (including phenoxy) is 1. The van der Waals surface area contributed by atoms with Crippen LogP contribution >= 0.6 is 15.9 Å². The maximum atomic E-state index is 5.80. The summed E-state index contributed by atoms with van der Waals surface area (Å²) >= 11 is 3.43. The molecule has 1 aromatic rings. The summed E-state index contributed by atoms with van der Waals surface area (Å²) in [4.78, 5) is 2.60. The molecule has 0 amide bonds. The molecule has 0 saturated carbocycles. The average Bonchev–Trinajstić information content (AvgIpc) is 2.73. The predicted molar refractivity (Wildman–Crippen MR) is 79.1 cm³/mol. The lowest BCUT2D eigenvalue weighted by atomic mass is 10.2. The van der Waals surface area contributed by atoms with Crippen LogP contribution in [0.4, 0.5) is 0 Å². The van der Waals surface area contributed by atoms with E-state index in [1.807, 2.05) is 24.3 Å². The highest BCUT2D eigenvalue weighted by molar-refractivity contribution is 9.10. The number of likely N-dealkylation sites (tertiary alicyclic amines) is 1. The largest absolute Gasteiger partial charge is 0.492 e. The highest BCUT2D eigenvalue weighted by Gasteiger charge is 2.28. The van der Waals surface area contributed by atoms with E-state index in [9.17, 15) is 0 Å². The zero-order valence-corrected chi connectivity index (χ0v) is 12.8. The van der Waals surface area contributed by atoms with E-state index in [0.717, 1.165) is 29.4 Å². The Bertz CT molecular complexity index is 365.